The number of ether oxygens (including phenoxy) is 3. The number of likely N-dealkylation sites (tertiary alicyclic amines) is 1. The molecule has 2 aliphatic rings. The Bertz CT molecular complexity index is 2010. The number of anilines is 2. The van der Waals surface area contributed by atoms with Crippen LogP contribution in [0.5, 0.6) is 0 Å². The number of aliphatic hydroxyl groups excluding tert-OH is 1. The van der Waals surface area contributed by atoms with E-state index < -0.39 is 11.9 Å². The Morgan fingerprint density at radius 3 is 2.25 bits per heavy atom. The average Bonchev–Trinajstić information content (AvgIpc) is 3.70. The van der Waals surface area contributed by atoms with Crippen molar-refractivity contribution in [2.45, 2.75) is 122 Å². The van der Waals surface area contributed by atoms with Gasteiger partial charge in [-0.2, -0.15) is 0 Å². The van der Waals surface area contributed by atoms with Gasteiger partial charge in [-0.25, -0.2) is 0 Å². The van der Waals surface area contributed by atoms with Gasteiger partial charge in [0.1, 0.15) is 11.6 Å². The van der Waals surface area contributed by atoms with Crippen LogP contribution >= 0.6 is 0 Å². The molecule has 6 rings (SSSR count). The van der Waals surface area contributed by atoms with E-state index in [-0.39, 0.29) is 42.6 Å². The molecule has 2 saturated heterocycles. The number of hydrogen-bond donors (Lipinski definition) is 4. The third kappa shape index (κ3) is 13.0. The molecule has 0 aliphatic carbocycles. The molecule has 59 heavy (non-hydrogen) atoms. The van der Waals surface area contributed by atoms with E-state index in [9.17, 15) is 19.5 Å². The Morgan fingerprint density at radius 1 is 0.814 bits per heavy atom. The molecule has 2 heterocycles. The van der Waals surface area contributed by atoms with E-state index in [4.69, 9.17) is 19.9 Å². The molecule has 2 amide bonds. The maximum absolute atomic E-state index is 13.2. The second-order valence-corrected chi connectivity index (χ2v) is 16.7. The van der Waals surface area contributed by atoms with Crippen molar-refractivity contribution in [2.75, 3.05) is 24.1 Å². The first-order valence-electron chi connectivity index (χ1n) is 21.0. The van der Waals surface area contributed by atoms with Gasteiger partial charge in [0.25, 0.3) is 0 Å². The van der Waals surface area contributed by atoms with Crippen LogP contribution in [-0.4, -0.2) is 58.6 Å². The van der Waals surface area contributed by atoms with Crippen molar-refractivity contribution >= 4 is 29.2 Å². The van der Waals surface area contributed by atoms with Crippen LogP contribution in [0.2, 0.25) is 0 Å². The number of esters is 1. The van der Waals surface area contributed by atoms with Crippen molar-refractivity contribution in [3.05, 3.63) is 119 Å². The van der Waals surface area contributed by atoms with E-state index in [1.165, 1.54) is 0 Å². The standard InChI is InChI=1S/C48H60N4O7/c1-48(2,3)59-46(56)42-19-12-26-52(42)31-39-29-43(35-24-22-33(32-53)23-25-35)58-47(57-39)38-16-11-15-37(28-38)36-14-10-13-34(27-36)30-50-44(54)20-6-4-5-7-21-45(55)51-41-18-9-8-17-40(41)49/h8-11,13-18,22-25,27-28,39,42-43,47,53H,4-7,12,19-21,26,29-32,49H2,1-3H3,(H,50,54)(H,51,55)/t39-,42+,43+,47+/m1/s1. The summed E-state index contributed by atoms with van der Waals surface area (Å²) in [5, 5.41) is 15.6. The maximum Gasteiger partial charge on any atom is 0.323 e. The van der Waals surface area contributed by atoms with Gasteiger partial charge in [0, 0.05) is 37.9 Å². The van der Waals surface area contributed by atoms with Crippen molar-refractivity contribution < 1.29 is 33.7 Å². The molecule has 4 atom stereocenters. The fraction of sp³-hybridized carbons (Fsp3) is 0.438. The second-order valence-electron chi connectivity index (χ2n) is 16.7. The van der Waals surface area contributed by atoms with Crippen LogP contribution in [0, 0.1) is 0 Å². The number of nitrogens with one attached hydrogen (secondary N) is 2. The van der Waals surface area contributed by atoms with Crippen LogP contribution in [0.3, 0.4) is 0 Å². The third-order valence-electron chi connectivity index (χ3n) is 10.8. The number of benzene rings is 4. The summed E-state index contributed by atoms with van der Waals surface area (Å²) in [6, 6.07) is 31.1. The van der Waals surface area contributed by atoms with Gasteiger partial charge in [-0.05, 0) is 105 Å². The lowest BCUT2D eigenvalue weighted by Gasteiger charge is -2.38. The van der Waals surface area contributed by atoms with Crippen molar-refractivity contribution in [2.24, 2.45) is 0 Å². The molecule has 0 saturated carbocycles. The van der Waals surface area contributed by atoms with Crippen molar-refractivity contribution in [1.29, 1.82) is 0 Å². The smallest absolute Gasteiger partial charge is 0.323 e. The van der Waals surface area contributed by atoms with E-state index in [0.717, 1.165) is 78.5 Å². The van der Waals surface area contributed by atoms with Crippen molar-refractivity contribution in [1.82, 2.24) is 10.2 Å². The minimum Gasteiger partial charge on any atom is -0.459 e. The van der Waals surface area contributed by atoms with Crippen LogP contribution in [0.1, 0.15) is 113 Å². The third-order valence-corrected chi connectivity index (χ3v) is 10.8. The Hall–Kier alpha value is -5.07. The van der Waals surface area contributed by atoms with E-state index in [2.05, 4.69) is 39.8 Å². The largest absolute Gasteiger partial charge is 0.459 e. The van der Waals surface area contributed by atoms with Crippen LogP contribution < -0.4 is 16.4 Å². The quantitative estimate of drug-likeness (QED) is 0.0469. The number of hydrogen-bond acceptors (Lipinski definition) is 9. The van der Waals surface area contributed by atoms with Gasteiger partial charge in [-0.3, -0.25) is 19.3 Å². The van der Waals surface area contributed by atoms with Gasteiger partial charge in [-0.1, -0.05) is 85.6 Å². The summed E-state index contributed by atoms with van der Waals surface area (Å²) in [6.07, 6.45) is 5.29. The number of carbonyl (C=O) groups is 3. The van der Waals surface area contributed by atoms with Gasteiger partial charge in [0.15, 0.2) is 6.29 Å². The minimum atomic E-state index is -0.646. The van der Waals surface area contributed by atoms with E-state index in [0.29, 0.717) is 43.7 Å². The topological polar surface area (TPSA) is 152 Å². The average molecular weight is 805 g/mol. The Labute approximate surface area is 348 Å². The zero-order chi connectivity index (χ0) is 41.8. The van der Waals surface area contributed by atoms with Crippen molar-refractivity contribution in [3.8, 4) is 11.1 Å². The van der Waals surface area contributed by atoms with Gasteiger partial charge < -0.3 is 35.7 Å². The van der Waals surface area contributed by atoms with Crippen LogP contribution in [0.15, 0.2) is 97.1 Å². The molecular formula is C48H60N4O7. The fourth-order valence-electron chi connectivity index (χ4n) is 7.74. The molecule has 0 radical (unpaired) electrons. The number of unbranched alkanes of at least 4 members (excludes halogenated alkanes) is 3. The summed E-state index contributed by atoms with van der Waals surface area (Å²) >= 11 is 0. The molecule has 4 aromatic rings. The van der Waals surface area contributed by atoms with Crippen LogP contribution in [0.4, 0.5) is 11.4 Å². The summed E-state index contributed by atoms with van der Waals surface area (Å²) < 4.78 is 19.2. The highest BCUT2D eigenvalue weighted by molar-refractivity contribution is 5.93. The minimum absolute atomic E-state index is 0.00254. The van der Waals surface area contributed by atoms with Crippen LogP contribution in [-0.2, 0) is 41.7 Å². The highest BCUT2D eigenvalue weighted by atomic mass is 16.7. The molecule has 0 spiro atoms. The van der Waals surface area contributed by atoms with Crippen LogP contribution in [0.25, 0.3) is 11.1 Å². The summed E-state index contributed by atoms with van der Waals surface area (Å²) in [4.78, 5) is 40.4. The first kappa shape index (κ1) is 43.5. The fourth-order valence-corrected chi connectivity index (χ4v) is 7.74. The van der Waals surface area contributed by atoms with E-state index in [1.807, 2.05) is 81.4 Å². The molecule has 11 nitrogen and oxygen atoms in total. The molecule has 0 unspecified atom stereocenters. The second kappa shape index (κ2) is 20.8. The number of nitrogens with two attached hydrogens (primary N) is 1. The first-order valence-corrected chi connectivity index (χ1v) is 21.0. The number of rotatable bonds is 17. The van der Waals surface area contributed by atoms with Gasteiger partial charge >= 0.3 is 5.97 Å². The highest BCUT2D eigenvalue weighted by Gasteiger charge is 2.39. The SMILES string of the molecule is CC(C)(C)OC(=O)[C@@H]1CCCN1C[C@H]1C[C@@H](c2ccc(CO)cc2)O[C@@H](c2cccc(-c3cccc(CNC(=O)CCCCCCC(=O)Nc4ccccc4N)c3)c2)O1. The number of carbonyl (C=O) groups excluding carboxylic acids is 3. The predicted molar refractivity (Wildman–Crippen MR) is 230 cm³/mol. The van der Waals surface area contributed by atoms with E-state index in [1.54, 1.807) is 12.1 Å². The Morgan fingerprint density at radius 2 is 1.53 bits per heavy atom. The summed E-state index contributed by atoms with van der Waals surface area (Å²) in [5.74, 6) is -0.244. The molecule has 4 aromatic carbocycles. The molecule has 2 aliphatic heterocycles. The lowest BCUT2D eigenvalue weighted by Crippen LogP contribution is -2.45. The predicted octanol–water partition coefficient (Wildman–Crippen LogP) is 8.38. The molecule has 0 aromatic heterocycles. The van der Waals surface area contributed by atoms with E-state index >= 15 is 0 Å². The Kier molecular flexibility index (Phi) is 15.3. The zero-order valence-electron chi connectivity index (χ0n) is 34.7. The summed E-state index contributed by atoms with van der Waals surface area (Å²) in [7, 11) is 0. The molecule has 314 valence electrons. The molecule has 2 fully saturated rings. The van der Waals surface area contributed by atoms with Gasteiger partial charge in [0.05, 0.1) is 30.2 Å². The van der Waals surface area contributed by atoms with Gasteiger partial charge in [-0.15, -0.1) is 0 Å². The molecule has 11 heteroatoms. The summed E-state index contributed by atoms with van der Waals surface area (Å²) in [5.41, 5.74) is 12.3. The molecular weight excluding hydrogens is 745 g/mol. The lowest BCUT2D eigenvalue weighted by atomic mass is 9.98. The number of amides is 2. The first-order chi connectivity index (χ1) is 28.4. The number of para-hydroxylation sites is 2. The summed E-state index contributed by atoms with van der Waals surface area (Å²) in [6.45, 7) is 7.45. The monoisotopic (exact) mass is 804 g/mol. The number of aliphatic hydroxyl groups is 1. The maximum atomic E-state index is 13.2. The Balaban J connectivity index is 1.03. The van der Waals surface area contributed by atoms with Gasteiger partial charge in [0.2, 0.25) is 11.8 Å². The normalized spacial score (nSPS) is 19.6. The molecule has 0 bridgehead atoms. The number of nitrogens with zero attached hydrogens (tertiary/aromatic N) is 1. The number of nitrogen functional groups attached to an aromatic ring is 1. The highest BCUT2D eigenvalue weighted by Crippen LogP contribution is 2.40. The lowest BCUT2D eigenvalue weighted by molar-refractivity contribution is -0.253. The van der Waals surface area contributed by atoms with Crippen molar-refractivity contribution in [3.63, 3.8) is 0 Å². The zero-order valence-corrected chi connectivity index (χ0v) is 34.7. The molecule has 5 N–H and O–H groups in total.